The summed E-state index contributed by atoms with van der Waals surface area (Å²) in [5.74, 6) is 1.15. The Kier molecular flexibility index (Phi) is 5.84. The Morgan fingerprint density at radius 1 is 1.36 bits per heavy atom. The van der Waals surface area contributed by atoms with Crippen molar-refractivity contribution in [2.24, 2.45) is 5.92 Å². The van der Waals surface area contributed by atoms with Crippen LogP contribution < -0.4 is 5.56 Å². The summed E-state index contributed by atoms with van der Waals surface area (Å²) in [7, 11) is 0. The zero-order chi connectivity index (χ0) is 18.0. The molecule has 5 nitrogen and oxygen atoms in total. The fraction of sp³-hybridized carbons (Fsp3) is 0.500. The summed E-state index contributed by atoms with van der Waals surface area (Å²) in [6.45, 7) is 6.35. The van der Waals surface area contributed by atoms with Crippen molar-refractivity contribution in [3.05, 3.63) is 33.0 Å². The van der Waals surface area contributed by atoms with Crippen molar-refractivity contribution in [3.63, 3.8) is 0 Å². The number of amides is 1. The van der Waals surface area contributed by atoms with Gasteiger partial charge in [0.05, 0.1) is 16.7 Å². The minimum atomic E-state index is -0.0597. The van der Waals surface area contributed by atoms with E-state index in [0.29, 0.717) is 34.3 Å². The monoisotopic (exact) mass is 423 g/mol. The molecule has 0 bridgehead atoms. The van der Waals surface area contributed by atoms with Crippen molar-refractivity contribution in [1.82, 2.24) is 14.5 Å². The van der Waals surface area contributed by atoms with Crippen LogP contribution >= 0.6 is 27.7 Å². The Hall–Kier alpha value is -1.34. The summed E-state index contributed by atoms with van der Waals surface area (Å²) in [5, 5.41) is 1.21. The maximum Gasteiger partial charge on any atom is 0.262 e. The second kappa shape index (κ2) is 7.91. The van der Waals surface area contributed by atoms with E-state index in [9.17, 15) is 9.59 Å². The average Bonchev–Trinajstić information content (AvgIpc) is 2.61. The Balaban J connectivity index is 1.80. The lowest BCUT2D eigenvalue weighted by atomic mass is 9.99. The number of carbonyl (C=O) groups excluding carboxylic acids is 1. The number of benzene rings is 1. The molecule has 0 saturated carbocycles. The van der Waals surface area contributed by atoms with Crippen LogP contribution in [0.3, 0.4) is 0 Å². The maximum atomic E-state index is 12.7. The molecule has 1 fully saturated rings. The van der Waals surface area contributed by atoms with Crippen LogP contribution in [0.15, 0.2) is 32.6 Å². The minimum Gasteiger partial charge on any atom is -0.342 e. The summed E-state index contributed by atoms with van der Waals surface area (Å²) in [6.07, 6.45) is 2.14. The highest BCUT2D eigenvalue weighted by Gasteiger charge is 2.21. The van der Waals surface area contributed by atoms with Crippen molar-refractivity contribution in [2.75, 3.05) is 18.8 Å². The first-order valence-electron chi connectivity index (χ1n) is 8.60. The second-order valence-electron chi connectivity index (χ2n) is 6.46. The predicted octanol–water partition coefficient (Wildman–Crippen LogP) is 3.53. The van der Waals surface area contributed by atoms with E-state index in [4.69, 9.17) is 0 Å². The van der Waals surface area contributed by atoms with Gasteiger partial charge in [-0.15, -0.1) is 0 Å². The van der Waals surface area contributed by atoms with Gasteiger partial charge in [0, 0.05) is 24.1 Å². The molecule has 0 radical (unpaired) electrons. The van der Waals surface area contributed by atoms with E-state index >= 15 is 0 Å². The van der Waals surface area contributed by atoms with E-state index in [1.807, 2.05) is 24.0 Å². The Morgan fingerprint density at radius 2 is 2.08 bits per heavy atom. The largest absolute Gasteiger partial charge is 0.342 e. The number of halogens is 1. The number of rotatable bonds is 4. The Morgan fingerprint density at radius 3 is 2.76 bits per heavy atom. The van der Waals surface area contributed by atoms with Crippen LogP contribution in [0.2, 0.25) is 0 Å². The molecule has 0 N–H and O–H groups in total. The molecule has 1 aliphatic rings. The van der Waals surface area contributed by atoms with Gasteiger partial charge in [-0.1, -0.05) is 34.6 Å². The van der Waals surface area contributed by atoms with Gasteiger partial charge >= 0.3 is 0 Å². The number of nitrogens with zero attached hydrogens (tertiary/aromatic N) is 3. The smallest absolute Gasteiger partial charge is 0.262 e. The van der Waals surface area contributed by atoms with E-state index in [-0.39, 0.29) is 11.5 Å². The molecule has 0 unspecified atom stereocenters. The standard InChI is InChI=1S/C18H22BrN3O2S/c1-3-22-17(24)14-10-13(19)4-5-15(14)20-18(22)25-11-16(23)21-8-6-12(2)7-9-21/h4-5,10,12H,3,6-9,11H2,1-2H3. The van der Waals surface area contributed by atoms with Crippen LogP contribution in [0.1, 0.15) is 26.7 Å². The van der Waals surface area contributed by atoms with Gasteiger partial charge in [0.1, 0.15) is 0 Å². The van der Waals surface area contributed by atoms with Crippen molar-refractivity contribution in [2.45, 2.75) is 38.4 Å². The summed E-state index contributed by atoms with van der Waals surface area (Å²) in [6, 6.07) is 5.50. The van der Waals surface area contributed by atoms with E-state index in [1.54, 1.807) is 10.6 Å². The van der Waals surface area contributed by atoms with E-state index in [1.165, 1.54) is 11.8 Å². The lowest BCUT2D eigenvalue weighted by Gasteiger charge is -2.30. The van der Waals surface area contributed by atoms with Gasteiger partial charge in [-0.05, 0) is 43.9 Å². The van der Waals surface area contributed by atoms with Gasteiger partial charge < -0.3 is 4.90 Å². The van der Waals surface area contributed by atoms with Gasteiger partial charge in [0.15, 0.2) is 5.16 Å². The molecule has 1 saturated heterocycles. The predicted molar refractivity (Wildman–Crippen MR) is 105 cm³/mol. The van der Waals surface area contributed by atoms with Crippen LogP contribution in [0, 0.1) is 5.92 Å². The molecule has 7 heteroatoms. The number of hydrogen-bond acceptors (Lipinski definition) is 4. The summed E-state index contributed by atoms with van der Waals surface area (Å²) in [5.41, 5.74) is 0.607. The number of piperidine rings is 1. The summed E-state index contributed by atoms with van der Waals surface area (Å²) < 4.78 is 2.50. The Bertz CT molecular complexity index is 844. The first-order chi connectivity index (χ1) is 12.0. The number of hydrogen-bond donors (Lipinski definition) is 0. The maximum absolute atomic E-state index is 12.7. The molecule has 0 aliphatic carbocycles. The number of carbonyl (C=O) groups is 1. The number of likely N-dealkylation sites (tertiary alicyclic amines) is 1. The first-order valence-corrected chi connectivity index (χ1v) is 10.4. The Labute approximate surface area is 159 Å². The lowest BCUT2D eigenvalue weighted by molar-refractivity contribution is -0.129. The fourth-order valence-electron chi connectivity index (χ4n) is 3.04. The van der Waals surface area contributed by atoms with Gasteiger partial charge in [0.25, 0.3) is 5.56 Å². The topological polar surface area (TPSA) is 55.2 Å². The van der Waals surface area contributed by atoms with E-state index in [0.717, 1.165) is 30.4 Å². The molecule has 0 spiro atoms. The highest BCUT2D eigenvalue weighted by molar-refractivity contribution is 9.10. The van der Waals surface area contributed by atoms with Gasteiger partial charge in [-0.2, -0.15) is 0 Å². The molecule has 1 aromatic heterocycles. The molecule has 2 aromatic rings. The highest BCUT2D eigenvalue weighted by Crippen LogP contribution is 2.22. The normalized spacial score (nSPS) is 15.7. The molecule has 25 heavy (non-hydrogen) atoms. The second-order valence-corrected chi connectivity index (χ2v) is 8.32. The van der Waals surface area contributed by atoms with Crippen LogP contribution in [-0.2, 0) is 11.3 Å². The fourth-order valence-corrected chi connectivity index (χ4v) is 4.36. The quantitative estimate of drug-likeness (QED) is 0.557. The number of aromatic nitrogens is 2. The molecule has 2 heterocycles. The summed E-state index contributed by atoms with van der Waals surface area (Å²) >= 11 is 4.75. The van der Waals surface area contributed by atoms with Gasteiger partial charge in [-0.25, -0.2) is 4.98 Å². The van der Waals surface area contributed by atoms with Crippen molar-refractivity contribution >= 4 is 44.5 Å². The number of thioether (sulfide) groups is 1. The first kappa shape index (κ1) is 18.5. The molecule has 0 atom stereocenters. The lowest BCUT2D eigenvalue weighted by Crippen LogP contribution is -2.39. The van der Waals surface area contributed by atoms with Crippen molar-refractivity contribution in [1.29, 1.82) is 0 Å². The van der Waals surface area contributed by atoms with E-state index < -0.39 is 0 Å². The zero-order valence-corrected chi connectivity index (χ0v) is 16.9. The summed E-state index contributed by atoms with van der Waals surface area (Å²) in [4.78, 5) is 31.7. The van der Waals surface area contributed by atoms with Gasteiger partial charge in [0.2, 0.25) is 5.91 Å². The molecule has 134 valence electrons. The zero-order valence-electron chi connectivity index (χ0n) is 14.5. The third-order valence-electron chi connectivity index (χ3n) is 4.66. The van der Waals surface area contributed by atoms with E-state index in [2.05, 4.69) is 27.8 Å². The van der Waals surface area contributed by atoms with Crippen LogP contribution in [0.25, 0.3) is 10.9 Å². The van der Waals surface area contributed by atoms with Crippen LogP contribution in [0.5, 0.6) is 0 Å². The van der Waals surface area contributed by atoms with Crippen molar-refractivity contribution < 1.29 is 4.79 Å². The third kappa shape index (κ3) is 4.08. The minimum absolute atomic E-state index is 0.0597. The third-order valence-corrected chi connectivity index (χ3v) is 6.11. The average molecular weight is 424 g/mol. The molecule has 1 aromatic carbocycles. The molecular formula is C18H22BrN3O2S. The number of fused-ring (bicyclic) bond motifs is 1. The molecule has 3 rings (SSSR count). The SMILES string of the molecule is CCn1c(SCC(=O)N2CCC(C)CC2)nc2ccc(Br)cc2c1=O. The highest BCUT2D eigenvalue weighted by atomic mass is 79.9. The van der Waals surface area contributed by atoms with Crippen LogP contribution in [0.4, 0.5) is 0 Å². The van der Waals surface area contributed by atoms with Crippen molar-refractivity contribution in [3.8, 4) is 0 Å². The molecule has 1 amide bonds. The molecular weight excluding hydrogens is 402 g/mol. The van der Waals surface area contributed by atoms with Crippen LogP contribution in [-0.4, -0.2) is 39.2 Å². The molecule has 1 aliphatic heterocycles. The van der Waals surface area contributed by atoms with Gasteiger partial charge in [-0.3, -0.25) is 14.2 Å².